The number of unbranched alkanes of at least 4 members (excludes halogenated alkanes) is 9. The third-order valence-corrected chi connectivity index (χ3v) is 3.40. The third-order valence-electron chi connectivity index (χ3n) is 3.40. The summed E-state index contributed by atoms with van der Waals surface area (Å²) in [6, 6.07) is -0.673. The zero-order valence-electron chi connectivity index (χ0n) is 13.1. The number of urea groups is 1. The van der Waals surface area contributed by atoms with Gasteiger partial charge in [0.15, 0.2) is 0 Å². The molecule has 0 fully saturated rings. The number of rotatable bonds is 12. The van der Waals surface area contributed by atoms with Crippen molar-refractivity contribution in [1.29, 1.82) is 0 Å². The third kappa shape index (κ3) is 8.99. The molecule has 21 heavy (non-hydrogen) atoms. The molecule has 0 radical (unpaired) electrons. The summed E-state index contributed by atoms with van der Waals surface area (Å²) < 4.78 is 0. The van der Waals surface area contributed by atoms with Crippen molar-refractivity contribution in [1.82, 2.24) is 20.2 Å². The predicted octanol–water partition coefficient (Wildman–Crippen LogP) is 3.08. The number of carbonyl (C=O) groups excluding carboxylic acids is 1. The maximum atomic E-state index is 10.6. The highest BCUT2D eigenvalue weighted by atomic mass is 16.2. The average molecular weight is 296 g/mol. The van der Waals surface area contributed by atoms with Crippen LogP contribution in [0.2, 0.25) is 0 Å². The highest BCUT2D eigenvalue weighted by molar-refractivity contribution is 5.85. The Morgan fingerprint density at radius 1 is 1.05 bits per heavy atom. The van der Waals surface area contributed by atoms with Gasteiger partial charge in [0, 0.05) is 0 Å². The van der Waals surface area contributed by atoms with Crippen LogP contribution >= 0.6 is 0 Å². The van der Waals surface area contributed by atoms with Gasteiger partial charge in [0.25, 0.3) is 5.95 Å². The van der Waals surface area contributed by atoms with Crippen LogP contribution in [0.15, 0.2) is 0 Å². The number of anilines is 1. The van der Waals surface area contributed by atoms with Crippen molar-refractivity contribution in [3.63, 3.8) is 0 Å². The molecule has 0 bridgehead atoms. The van der Waals surface area contributed by atoms with Crippen LogP contribution in [0.3, 0.4) is 0 Å². The van der Waals surface area contributed by atoms with E-state index in [-0.39, 0.29) is 5.95 Å². The van der Waals surface area contributed by atoms with Crippen LogP contribution in [0, 0.1) is 0 Å². The molecule has 1 aromatic heterocycles. The Labute approximate surface area is 126 Å². The van der Waals surface area contributed by atoms with Crippen LogP contribution in [0.5, 0.6) is 0 Å². The lowest BCUT2D eigenvalue weighted by Crippen LogP contribution is -2.20. The molecule has 120 valence electrons. The van der Waals surface area contributed by atoms with Gasteiger partial charge < -0.3 is 5.73 Å². The molecule has 0 saturated carbocycles. The zero-order chi connectivity index (χ0) is 15.3. The smallest absolute Gasteiger partial charge is 0.319 e. The van der Waals surface area contributed by atoms with Crippen molar-refractivity contribution in [2.75, 3.05) is 5.32 Å². The van der Waals surface area contributed by atoms with Gasteiger partial charge in [0.2, 0.25) is 0 Å². The molecule has 7 nitrogen and oxygen atoms in total. The Morgan fingerprint density at radius 3 is 2.19 bits per heavy atom. The van der Waals surface area contributed by atoms with Crippen LogP contribution in [-0.4, -0.2) is 26.2 Å². The van der Waals surface area contributed by atoms with E-state index in [9.17, 15) is 4.79 Å². The van der Waals surface area contributed by atoms with Gasteiger partial charge in [-0.2, -0.15) is 4.80 Å². The Balaban J connectivity index is 1.94. The second-order valence-electron chi connectivity index (χ2n) is 5.38. The van der Waals surface area contributed by atoms with Crippen molar-refractivity contribution in [2.24, 2.45) is 5.73 Å². The lowest BCUT2D eigenvalue weighted by molar-refractivity contribution is 0.259. The van der Waals surface area contributed by atoms with E-state index >= 15 is 0 Å². The molecule has 1 rings (SSSR count). The van der Waals surface area contributed by atoms with Crippen LogP contribution in [0.4, 0.5) is 10.7 Å². The number of aryl methyl sites for hydroxylation is 1. The zero-order valence-corrected chi connectivity index (χ0v) is 13.1. The minimum Gasteiger partial charge on any atom is -0.351 e. The first kappa shape index (κ1) is 17.4. The van der Waals surface area contributed by atoms with Gasteiger partial charge in [-0.1, -0.05) is 69.8 Å². The number of aromatic nitrogens is 4. The standard InChI is InChI=1S/C14H28N6O/c1-2-3-4-5-6-7-8-9-10-11-12-20-18-14(17-19-20)16-13(15)21/h2-12H2,1H3,(H3,15,16,18,21). The first-order valence-electron chi connectivity index (χ1n) is 8.06. The fourth-order valence-electron chi connectivity index (χ4n) is 2.24. The number of carbonyl (C=O) groups is 1. The van der Waals surface area contributed by atoms with E-state index in [4.69, 9.17) is 5.73 Å². The summed E-state index contributed by atoms with van der Waals surface area (Å²) in [5.41, 5.74) is 4.97. The Hall–Kier alpha value is -1.66. The van der Waals surface area contributed by atoms with Gasteiger partial charge in [0.05, 0.1) is 6.54 Å². The summed E-state index contributed by atoms with van der Waals surface area (Å²) >= 11 is 0. The minimum absolute atomic E-state index is 0.162. The number of hydrogen-bond donors (Lipinski definition) is 2. The summed E-state index contributed by atoms with van der Waals surface area (Å²) in [5, 5.41) is 13.8. The van der Waals surface area contributed by atoms with Crippen LogP contribution < -0.4 is 11.1 Å². The largest absolute Gasteiger partial charge is 0.351 e. The van der Waals surface area contributed by atoms with E-state index in [0.717, 1.165) is 13.0 Å². The fraction of sp³-hybridized carbons (Fsp3) is 0.857. The molecule has 0 atom stereocenters. The van der Waals surface area contributed by atoms with Gasteiger partial charge in [-0.05, 0) is 11.6 Å². The van der Waals surface area contributed by atoms with Gasteiger partial charge in [0.1, 0.15) is 0 Å². The molecule has 1 aromatic rings. The average Bonchev–Trinajstić information content (AvgIpc) is 2.87. The van der Waals surface area contributed by atoms with Gasteiger partial charge in [-0.25, -0.2) is 4.79 Å². The first-order valence-corrected chi connectivity index (χ1v) is 8.06. The summed E-state index contributed by atoms with van der Waals surface area (Å²) in [4.78, 5) is 12.1. The molecule has 0 unspecified atom stereocenters. The molecular weight excluding hydrogens is 268 g/mol. The summed E-state index contributed by atoms with van der Waals surface area (Å²) in [6.07, 6.45) is 12.9. The van der Waals surface area contributed by atoms with Crippen molar-refractivity contribution in [2.45, 2.75) is 77.7 Å². The molecule has 0 aliphatic heterocycles. The second-order valence-corrected chi connectivity index (χ2v) is 5.38. The molecule has 1 heterocycles. The van der Waals surface area contributed by atoms with Crippen molar-refractivity contribution in [3.8, 4) is 0 Å². The highest BCUT2D eigenvalue weighted by Gasteiger charge is 2.03. The van der Waals surface area contributed by atoms with Gasteiger partial charge in [-0.15, -0.1) is 5.10 Å². The number of nitrogens with zero attached hydrogens (tertiary/aromatic N) is 4. The molecule has 7 heteroatoms. The van der Waals surface area contributed by atoms with Crippen molar-refractivity contribution in [3.05, 3.63) is 0 Å². The van der Waals surface area contributed by atoms with Crippen LogP contribution in [-0.2, 0) is 6.54 Å². The second kappa shape index (κ2) is 11.0. The molecule has 0 aromatic carbocycles. The maximum absolute atomic E-state index is 10.6. The van der Waals surface area contributed by atoms with E-state index in [1.807, 2.05) is 0 Å². The van der Waals surface area contributed by atoms with Crippen molar-refractivity contribution >= 4 is 12.0 Å². The van der Waals surface area contributed by atoms with Crippen LogP contribution in [0.1, 0.15) is 71.1 Å². The van der Waals surface area contributed by atoms with Gasteiger partial charge in [-0.3, -0.25) is 5.32 Å². The Kier molecular flexibility index (Phi) is 9.15. The molecule has 0 spiro atoms. The monoisotopic (exact) mass is 296 g/mol. The SMILES string of the molecule is CCCCCCCCCCCCn1nnc(NC(N)=O)n1. The predicted molar refractivity (Wildman–Crippen MR) is 82.9 cm³/mol. The number of nitrogens with one attached hydrogen (secondary N) is 1. The van der Waals surface area contributed by atoms with Crippen molar-refractivity contribution < 1.29 is 4.79 Å². The molecule has 0 aliphatic rings. The Bertz CT molecular complexity index is 393. The molecule has 3 N–H and O–H groups in total. The fourth-order valence-corrected chi connectivity index (χ4v) is 2.24. The van der Waals surface area contributed by atoms with E-state index < -0.39 is 6.03 Å². The lowest BCUT2D eigenvalue weighted by Gasteiger charge is -2.02. The van der Waals surface area contributed by atoms with E-state index in [1.165, 1.54) is 62.6 Å². The number of amides is 2. The number of tetrazole rings is 1. The summed E-state index contributed by atoms with van der Waals surface area (Å²) in [5.74, 6) is 0.162. The highest BCUT2D eigenvalue weighted by Crippen LogP contribution is 2.10. The Morgan fingerprint density at radius 2 is 1.62 bits per heavy atom. The van der Waals surface area contributed by atoms with E-state index in [1.54, 1.807) is 0 Å². The lowest BCUT2D eigenvalue weighted by atomic mass is 10.1. The summed E-state index contributed by atoms with van der Waals surface area (Å²) in [6.45, 7) is 2.97. The normalized spacial score (nSPS) is 10.7. The number of hydrogen-bond acceptors (Lipinski definition) is 4. The quantitative estimate of drug-likeness (QED) is 0.579. The van der Waals surface area contributed by atoms with E-state index in [0.29, 0.717) is 0 Å². The maximum Gasteiger partial charge on any atom is 0.319 e. The molecule has 0 saturated heterocycles. The first-order chi connectivity index (χ1) is 10.2. The minimum atomic E-state index is -0.673. The number of nitrogens with two attached hydrogens (primary N) is 1. The topological polar surface area (TPSA) is 98.7 Å². The molecule has 0 aliphatic carbocycles. The van der Waals surface area contributed by atoms with Gasteiger partial charge >= 0.3 is 6.03 Å². The summed E-state index contributed by atoms with van der Waals surface area (Å²) in [7, 11) is 0. The van der Waals surface area contributed by atoms with E-state index in [2.05, 4.69) is 27.7 Å². The number of primary amides is 1. The molecular formula is C14H28N6O. The molecule has 2 amide bonds. The van der Waals surface area contributed by atoms with Crippen LogP contribution in [0.25, 0.3) is 0 Å².